The van der Waals surface area contributed by atoms with E-state index in [1.165, 1.54) is 11.3 Å². The Labute approximate surface area is 171 Å². The van der Waals surface area contributed by atoms with Crippen LogP contribution in [0.2, 0.25) is 0 Å². The molecule has 0 atom stereocenters. The summed E-state index contributed by atoms with van der Waals surface area (Å²) in [6, 6.07) is 15.0. The molecule has 2 N–H and O–H groups in total. The summed E-state index contributed by atoms with van der Waals surface area (Å²) in [4.78, 5) is 25.1. The molecule has 142 valence electrons. The Bertz CT molecular complexity index is 1210. The van der Waals surface area contributed by atoms with E-state index in [9.17, 15) is 4.79 Å². The van der Waals surface area contributed by atoms with E-state index in [4.69, 9.17) is 5.26 Å². The van der Waals surface area contributed by atoms with Crippen LogP contribution in [-0.2, 0) is 0 Å². The number of hydrogen-bond acceptors (Lipinski definition) is 6. The summed E-state index contributed by atoms with van der Waals surface area (Å²) in [7, 11) is 0. The summed E-state index contributed by atoms with van der Waals surface area (Å²) < 4.78 is 0.931. The van der Waals surface area contributed by atoms with E-state index in [1.807, 2.05) is 49.4 Å². The number of benzene rings is 1. The smallest absolute Gasteiger partial charge is 0.321 e. The first-order chi connectivity index (χ1) is 14.2. The van der Waals surface area contributed by atoms with Gasteiger partial charge in [-0.3, -0.25) is 10.3 Å². The van der Waals surface area contributed by atoms with Gasteiger partial charge < -0.3 is 5.32 Å². The van der Waals surface area contributed by atoms with Crippen molar-refractivity contribution in [2.75, 3.05) is 11.9 Å². The minimum atomic E-state index is -0.289. The molecule has 0 aliphatic carbocycles. The van der Waals surface area contributed by atoms with E-state index in [2.05, 4.69) is 25.6 Å². The number of anilines is 1. The number of nitriles is 1. The molecule has 3 aromatic heterocycles. The van der Waals surface area contributed by atoms with Crippen LogP contribution in [0.5, 0.6) is 0 Å². The Hall–Kier alpha value is -3.83. The Morgan fingerprint density at radius 3 is 2.76 bits per heavy atom. The van der Waals surface area contributed by atoms with E-state index < -0.39 is 0 Å². The van der Waals surface area contributed by atoms with Crippen LogP contribution in [0.4, 0.5) is 9.93 Å². The van der Waals surface area contributed by atoms with Crippen molar-refractivity contribution < 1.29 is 4.79 Å². The summed E-state index contributed by atoms with van der Waals surface area (Å²) in [6.45, 7) is 2.39. The monoisotopic (exact) mass is 400 g/mol. The van der Waals surface area contributed by atoms with E-state index >= 15 is 0 Å². The van der Waals surface area contributed by atoms with Gasteiger partial charge in [0.25, 0.3) is 0 Å². The SMILES string of the molecule is CCNC(=O)Nc1nc2cc(-c3ccc(C#N)nc3)cc(-c3ccccn3)c2s1. The van der Waals surface area contributed by atoms with Gasteiger partial charge in [-0.2, -0.15) is 5.26 Å². The van der Waals surface area contributed by atoms with Gasteiger partial charge in [-0.15, -0.1) is 0 Å². The van der Waals surface area contributed by atoms with Crippen LogP contribution >= 0.6 is 11.3 Å². The van der Waals surface area contributed by atoms with Gasteiger partial charge in [0, 0.05) is 30.1 Å². The predicted molar refractivity (Wildman–Crippen MR) is 113 cm³/mol. The molecule has 3 heterocycles. The second kappa shape index (κ2) is 8.04. The third kappa shape index (κ3) is 3.90. The van der Waals surface area contributed by atoms with Crippen LogP contribution in [0.1, 0.15) is 12.6 Å². The van der Waals surface area contributed by atoms with Crippen LogP contribution in [0, 0.1) is 11.3 Å². The standard InChI is InChI=1S/C21H16N6OS/c1-2-23-20(28)27-21-26-18-10-14(13-6-7-15(11-22)25-12-13)9-16(19(18)29-21)17-5-3-4-8-24-17/h3-10,12H,2H2,1H3,(H2,23,26,27,28). The zero-order valence-electron chi connectivity index (χ0n) is 15.5. The number of rotatable bonds is 4. The predicted octanol–water partition coefficient (Wildman–Crippen LogP) is 4.43. The molecule has 0 saturated heterocycles. The maximum atomic E-state index is 11.9. The summed E-state index contributed by atoms with van der Waals surface area (Å²) in [5.74, 6) is 0. The number of carbonyl (C=O) groups excluding carboxylic acids is 1. The fourth-order valence-electron chi connectivity index (χ4n) is 2.90. The van der Waals surface area contributed by atoms with E-state index in [0.717, 1.165) is 32.6 Å². The maximum absolute atomic E-state index is 11.9. The molecule has 29 heavy (non-hydrogen) atoms. The van der Waals surface area contributed by atoms with Crippen LogP contribution in [0.3, 0.4) is 0 Å². The average Bonchev–Trinajstić information content (AvgIpc) is 3.16. The summed E-state index contributed by atoms with van der Waals surface area (Å²) in [5, 5.41) is 15.0. The van der Waals surface area contributed by atoms with Crippen molar-refractivity contribution in [3.05, 3.63) is 60.6 Å². The van der Waals surface area contributed by atoms with Crippen molar-refractivity contribution in [2.24, 2.45) is 0 Å². The summed E-state index contributed by atoms with van der Waals surface area (Å²) >= 11 is 1.40. The molecular formula is C21H16N6OS. The molecule has 2 amide bonds. The lowest BCUT2D eigenvalue weighted by molar-refractivity contribution is 0.252. The molecule has 0 unspecified atom stereocenters. The molecule has 4 aromatic rings. The molecule has 8 heteroatoms. The van der Waals surface area contributed by atoms with Gasteiger partial charge in [-0.05, 0) is 48.9 Å². The molecule has 7 nitrogen and oxygen atoms in total. The maximum Gasteiger partial charge on any atom is 0.321 e. The fraction of sp³-hybridized carbons (Fsp3) is 0.0952. The largest absolute Gasteiger partial charge is 0.338 e. The molecular weight excluding hydrogens is 384 g/mol. The van der Waals surface area contributed by atoms with Crippen LogP contribution in [0.25, 0.3) is 32.6 Å². The quantitative estimate of drug-likeness (QED) is 0.527. The number of nitrogens with one attached hydrogen (secondary N) is 2. The van der Waals surface area contributed by atoms with Crippen molar-refractivity contribution in [1.82, 2.24) is 20.3 Å². The zero-order valence-corrected chi connectivity index (χ0v) is 16.3. The number of pyridine rings is 2. The van der Waals surface area contributed by atoms with Crippen LogP contribution in [-0.4, -0.2) is 27.5 Å². The number of aromatic nitrogens is 3. The highest BCUT2D eigenvalue weighted by molar-refractivity contribution is 7.22. The van der Waals surface area contributed by atoms with Crippen molar-refractivity contribution in [1.29, 1.82) is 5.26 Å². The number of thiazole rings is 1. The Morgan fingerprint density at radius 2 is 2.07 bits per heavy atom. The van der Waals surface area contributed by atoms with Gasteiger partial charge in [0.15, 0.2) is 5.13 Å². The first-order valence-corrected chi connectivity index (χ1v) is 9.77. The summed E-state index contributed by atoms with van der Waals surface area (Å²) in [6.07, 6.45) is 3.41. The fourth-order valence-corrected chi connectivity index (χ4v) is 3.86. The second-order valence-corrected chi connectivity index (χ2v) is 7.13. The van der Waals surface area contributed by atoms with Crippen molar-refractivity contribution in [3.63, 3.8) is 0 Å². The zero-order chi connectivity index (χ0) is 20.2. The van der Waals surface area contributed by atoms with Gasteiger partial charge >= 0.3 is 6.03 Å². The Balaban J connectivity index is 1.85. The lowest BCUT2D eigenvalue weighted by Gasteiger charge is -2.07. The molecule has 4 rings (SSSR count). The lowest BCUT2D eigenvalue weighted by Crippen LogP contribution is -2.28. The number of nitrogens with zero attached hydrogens (tertiary/aromatic N) is 4. The van der Waals surface area contributed by atoms with Gasteiger partial charge in [0.1, 0.15) is 11.8 Å². The molecule has 0 fully saturated rings. The first kappa shape index (κ1) is 18.5. The van der Waals surface area contributed by atoms with Gasteiger partial charge in [0.05, 0.1) is 15.9 Å². The Morgan fingerprint density at radius 1 is 1.17 bits per heavy atom. The molecule has 0 aliphatic rings. The van der Waals surface area contributed by atoms with Gasteiger partial charge in [-0.25, -0.2) is 14.8 Å². The highest BCUT2D eigenvalue weighted by atomic mass is 32.1. The van der Waals surface area contributed by atoms with Crippen LogP contribution in [0.15, 0.2) is 54.9 Å². The van der Waals surface area contributed by atoms with E-state index in [1.54, 1.807) is 18.5 Å². The molecule has 0 spiro atoms. The van der Waals surface area contributed by atoms with E-state index in [0.29, 0.717) is 17.4 Å². The topological polar surface area (TPSA) is 104 Å². The first-order valence-electron chi connectivity index (χ1n) is 8.95. The van der Waals surface area contributed by atoms with E-state index in [-0.39, 0.29) is 6.03 Å². The molecule has 0 saturated carbocycles. The highest BCUT2D eigenvalue weighted by Crippen LogP contribution is 2.38. The third-order valence-electron chi connectivity index (χ3n) is 4.20. The highest BCUT2D eigenvalue weighted by Gasteiger charge is 2.15. The van der Waals surface area contributed by atoms with Crippen molar-refractivity contribution in [3.8, 4) is 28.5 Å². The molecule has 0 bridgehead atoms. The number of urea groups is 1. The van der Waals surface area contributed by atoms with Crippen molar-refractivity contribution in [2.45, 2.75) is 6.92 Å². The van der Waals surface area contributed by atoms with Gasteiger partial charge in [0.2, 0.25) is 0 Å². The minimum Gasteiger partial charge on any atom is -0.338 e. The molecule has 0 aliphatic heterocycles. The second-order valence-electron chi connectivity index (χ2n) is 6.13. The minimum absolute atomic E-state index is 0.289. The normalized spacial score (nSPS) is 10.5. The van der Waals surface area contributed by atoms with Crippen molar-refractivity contribution >= 4 is 32.7 Å². The number of carbonyl (C=O) groups is 1. The molecule has 0 radical (unpaired) electrons. The number of fused-ring (bicyclic) bond motifs is 1. The van der Waals surface area contributed by atoms with Gasteiger partial charge in [-0.1, -0.05) is 17.4 Å². The van der Waals surface area contributed by atoms with Crippen LogP contribution < -0.4 is 10.6 Å². The third-order valence-corrected chi connectivity index (χ3v) is 5.22. The summed E-state index contributed by atoms with van der Waals surface area (Å²) in [5.41, 5.74) is 4.63. The number of amides is 2. The average molecular weight is 400 g/mol. The Kier molecular flexibility index (Phi) is 5.14. The molecule has 1 aromatic carbocycles. The number of hydrogen-bond donors (Lipinski definition) is 2. The lowest BCUT2D eigenvalue weighted by atomic mass is 10.0.